The fourth-order valence-electron chi connectivity index (χ4n) is 6.88. The number of carbonyl (C=O) groups excluding carboxylic acids is 2. The van der Waals surface area contributed by atoms with Crippen molar-refractivity contribution >= 4 is 11.6 Å². The summed E-state index contributed by atoms with van der Waals surface area (Å²) in [5.74, 6) is 2.38. The molecule has 4 fully saturated rings. The Kier molecular flexibility index (Phi) is 3.15. The zero-order valence-corrected chi connectivity index (χ0v) is 13.8. The van der Waals surface area contributed by atoms with Gasteiger partial charge in [0.15, 0.2) is 5.78 Å². The van der Waals surface area contributed by atoms with Crippen LogP contribution in [0.15, 0.2) is 0 Å². The van der Waals surface area contributed by atoms with Gasteiger partial charge in [0.1, 0.15) is 11.9 Å². The second-order valence-corrected chi connectivity index (χ2v) is 8.89. The molecule has 0 radical (unpaired) electrons. The molecule has 0 saturated heterocycles. The number of aliphatic hydroxyl groups is 1. The first-order chi connectivity index (χ1) is 10.4. The van der Waals surface area contributed by atoms with Crippen LogP contribution in [0.3, 0.4) is 0 Å². The minimum absolute atomic E-state index is 0.0546. The van der Waals surface area contributed by atoms with E-state index in [2.05, 4.69) is 13.8 Å². The number of fused-ring (bicyclic) bond motifs is 5. The molecule has 0 aliphatic heterocycles. The van der Waals surface area contributed by atoms with Crippen molar-refractivity contribution in [1.29, 1.82) is 0 Å². The van der Waals surface area contributed by atoms with E-state index in [0.717, 1.165) is 44.9 Å². The molecule has 122 valence electrons. The average molecular weight is 304 g/mol. The zero-order chi connectivity index (χ0) is 15.7. The second-order valence-electron chi connectivity index (χ2n) is 8.89. The Morgan fingerprint density at radius 1 is 0.955 bits per heavy atom. The van der Waals surface area contributed by atoms with Gasteiger partial charge in [-0.05, 0) is 68.1 Å². The van der Waals surface area contributed by atoms with Crippen molar-refractivity contribution in [2.75, 3.05) is 0 Å². The number of aliphatic hydroxyl groups excluding tert-OH is 1. The highest BCUT2D eigenvalue weighted by Crippen LogP contribution is 2.64. The Morgan fingerprint density at radius 2 is 1.73 bits per heavy atom. The van der Waals surface area contributed by atoms with Gasteiger partial charge in [0.2, 0.25) is 0 Å². The fraction of sp³-hybridized carbons (Fsp3) is 0.895. The van der Waals surface area contributed by atoms with Gasteiger partial charge in [0.25, 0.3) is 0 Å². The molecule has 22 heavy (non-hydrogen) atoms. The van der Waals surface area contributed by atoms with Gasteiger partial charge in [-0.2, -0.15) is 0 Å². The topological polar surface area (TPSA) is 54.4 Å². The standard InChI is InChI=1S/C19H28O3/c1-18-10-8-15(20)17(22)14(18)4-3-11-12-5-6-16(21)19(12,2)9-7-13(11)18/h11-15,20H,3-10H2,1-2H3/t11-,12-,13-,14-,15+,18+,19-/m0/s1. The summed E-state index contributed by atoms with van der Waals surface area (Å²) in [4.78, 5) is 24.9. The van der Waals surface area contributed by atoms with E-state index < -0.39 is 6.10 Å². The van der Waals surface area contributed by atoms with E-state index in [4.69, 9.17) is 0 Å². The minimum Gasteiger partial charge on any atom is -0.385 e. The minimum atomic E-state index is -0.725. The first-order valence-electron chi connectivity index (χ1n) is 9.13. The SMILES string of the molecule is C[C@]12CC[C@@H](O)C(=O)[C@@H]1CC[C@@H]1[C@@H]2CC[C@]2(C)C(=O)CC[C@@H]12. The summed E-state index contributed by atoms with van der Waals surface area (Å²) in [5.41, 5.74) is -0.0191. The van der Waals surface area contributed by atoms with Crippen LogP contribution in [0.2, 0.25) is 0 Å². The van der Waals surface area contributed by atoms with E-state index in [1.54, 1.807) is 0 Å². The van der Waals surface area contributed by atoms with E-state index in [-0.39, 0.29) is 22.5 Å². The highest BCUT2D eigenvalue weighted by Gasteiger charge is 2.61. The van der Waals surface area contributed by atoms with E-state index in [0.29, 0.717) is 30.0 Å². The number of ketones is 2. The third-order valence-corrected chi connectivity index (χ3v) is 8.21. The maximum absolute atomic E-state index is 12.5. The molecule has 0 bridgehead atoms. The Bertz CT molecular complexity index is 527. The van der Waals surface area contributed by atoms with Crippen molar-refractivity contribution in [1.82, 2.24) is 0 Å². The smallest absolute Gasteiger partial charge is 0.164 e. The van der Waals surface area contributed by atoms with Gasteiger partial charge in [-0.25, -0.2) is 0 Å². The van der Waals surface area contributed by atoms with Crippen molar-refractivity contribution in [2.24, 2.45) is 34.5 Å². The van der Waals surface area contributed by atoms with Crippen LogP contribution < -0.4 is 0 Å². The van der Waals surface area contributed by atoms with Gasteiger partial charge in [-0.3, -0.25) is 9.59 Å². The molecule has 4 saturated carbocycles. The highest BCUT2D eigenvalue weighted by molar-refractivity contribution is 5.88. The van der Waals surface area contributed by atoms with Crippen molar-refractivity contribution in [3.05, 3.63) is 0 Å². The van der Waals surface area contributed by atoms with Crippen molar-refractivity contribution in [3.63, 3.8) is 0 Å². The Balaban J connectivity index is 1.67. The molecule has 0 amide bonds. The molecule has 7 atom stereocenters. The largest absolute Gasteiger partial charge is 0.385 e. The fourth-order valence-corrected chi connectivity index (χ4v) is 6.88. The van der Waals surface area contributed by atoms with Gasteiger partial charge < -0.3 is 5.11 Å². The molecule has 0 aromatic heterocycles. The lowest BCUT2D eigenvalue weighted by Crippen LogP contribution is -2.57. The van der Waals surface area contributed by atoms with Crippen LogP contribution in [0.25, 0.3) is 0 Å². The van der Waals surface area contributed by atoms with E-state index >= 15 is 0 Å². The zero-order valence-electron chi connectivity index (χ0n) is 13.8. The third-order valence-electron chi connectivity index (χ3n) is 8.21. The molecule has 0 spiro atoms. The van der Waals surface area contributed by atoms with Crippen LogP contribution in [0, 0.1) is 34.5 Å². The number of hydrogen-bond acceptors (Lipinski definition) is 3. The molecule has 4 aliphatic rings. The predicted molar refractivity (Wildman–Crippen MR) is 83.1 cm³/mol. The maximum atomic E-state index is 12.5. The molecular weight excluding hydrogens is 276 g/mol. The third kappa shape index (κ3) is 1.72. The molecule has 1 N–H and O–H groups in total. The van der Waals surface area contributed by atoms with E-state index in [1.807, 2.05) is 0 Å². The molecule has 4 aliphatic carbocycles. The Hall–Kier alpha value is -0.700. The summed E-state index contributed by atoms with van der Waals surface area (Å²) < 4.78 is 0. The summed E-state index contributed by atoms with van der Waals surface area (Å²) in [7, 11) is 0. The summed E-state index contributed by atoms with van der Waals surface area (Å²) in [6.07, 6.45) is 6.83. The first kappa shape index (κ1) is 14.9. The van der Waals surface area contributed by atoms with Gasteiger partial charge in [0.05, 0.1) is 0 Å². The van der Waals surface area contributed by atoms with Gasteiger partial charge in [0, 0.05) is 17.8 Å². The lowest BCUT2D eigenvalue weighted by molar-refractivity contribution is -0.160. The van der Waals surface area contributed by atoms with E-state index in [1.165, 1.54) is 0 Å². The van der Waals surface area contributed by atoms with Crippen molar-refractivity contribution in [3.8, 4) is 0 Å². The quantitative estimate of drug-likeness (QED) is 0.748. The summed E-state index contributed by atoms with van der Waals surface area (Å²) in [6, 6.07) is 0. The monoisotopic (exact) mass is 304 g/mol. The van der Waals surface area contributed by atoms with Crippen LogP contribution in [0.1, 0.15) is 65.2 Å². The number of carbonyl (C=O) groups is 2. The van der Waals surface area contributed by atoms with Crippen LogP contribution in [0.5, 0.6) is 0 Å². The normalized spacial score (nSPS) is 54.6. The Labute approximate surface area is 132 Å². The van der Waals surface area contributed by atoms with Crippen LogP contribution in [-0.4, -0.2) is 22.8 Å². The lowest BCUT2D eigenvalue weighted by Gasteiger charge is -2.59. The molecule has 3 heteroatoms. The number of rotatable bonds is 0. The summed E-state index contributed by atoms with van der Waals surface area (Å²) >= 11 is 0. The molecule has 0 aromatic carbocycles. The molecule has 0 unspecified atom stereocenters. The number of Topliss-reactive ketones (excluding diaryl/α,β-unsaturated/α-hetero) is 2. The number of hydrogen-bond donors (Lipinski definition) is 1. The molecule has 4 rings (SSSR count). The lowest BCUT2D eigenvalue weighted by atomic mass is 9.45. The van der Waals surface area contributed by atoms with Crippen LogP contribution in [-0.2, 0) is 9.59 Å². The molecular formula is C19H28O3. The van der Waals surface area contributed by atoms with Crippen molar-refractivity contribution < 1.29 is 14.7 Å². The van der Waals surface area contributed by atoms with Gasteiger partial charge in [-0.15, -0.1) is 0 Å². The molecule has 0 heterocycles. The Morgan fingerprint density at radius 3 is 2.50 bits per heavy atom. The van der Waals surface area contributed by atoms with Crippen LogP contribution in [0.4, 0.5) is 0 Å². The predicted octanol–water partition coefficient (Wildman–Crippen LogP) is 3.14. The molecule has 0 aromatic rings. The molecule has 3 nitrogen and oxygen atoms in total. The first-order valence-corrected chi connectivity index (χ1v) is 9.13. The summed E-state index contributed by atoms with van der Waals surface area (Å²) in [5, 5.41) is 9.96. The average Bonchev–Trinajstić information content (AvgIpc) is 2.79. The van der Waals surface area contributed by atoms with E-state index in [9.17, 15) is 14.7 Å². The summed E-state index contributed by atoms with van der Waals surface area (Å²) in [6.45, 7) is 4.51. The van der Waals surface area contributed by atoms with Crippen molar-refractivity contribution in [2.45, 2.75) is 71.3 Å². The second kappa shape index (κ2) is 4.66. The van der Waals surface area contributed by atoms with Gasteiger partial charge in [-0.1, -0.05) is 13.8 Å². The highest BCUT2D eigenvalue weighted by atomic mass is 16.3. The van der Waals surface area contributed by atoms with Crippen LogP contribution >= 0.6 is 0 Å². The van der Waals surface area contributed by atoms with Gasteiger partial charge >= 0.3 is 0 Å². The maximum Gasteiger partial charge on any atom is 0.164 e.